The maximum absolute atomic E-state index is 13.5. The summed E-state index contributed by atoms with van der Waals surface area (Å²) in [6.07, 6.45) is 0. The summed E-state index contributed by atoms with van der Waals surface area (Å²) in [5, 5.41) is 21.5. The predicted octanol–water partition coefficient (Wildman–Crippen LogP) is 7.46. The van der Waals surface area contributed by atoms with E-state index in [-0.39, 0.29) is 5.76 Å². The lowest BCUT2D eigenvalue weighted by atomic mass is 9.99. The summed E-state index contributed by atoms with van der Waals surface area (Å²) in [5.74, 6) is -0.123. The fraction of sp³-hybridized carbons (Fsp3) is 0.111. The van der Waals surface area contributed by atoms with Crippen molar-refractivity contribution in [2.24, 2.45) is 0 Å². The summed E-state index contributed by atoms with van der Waals surface area (Å²) >= 11 is 10.3. The third-order valence-electron chi connectivity index (χ3n) is 6.00. The molecule has 10 heteroatoms. The summed E-state index contributed by atoms with van der Waals surface area (Å²) in [6.45, 7) is 2.01. The number of aliphatic hydroxyl groups excluding tert-OH is 1. The number of rotatable bonds is 6. The van der Waals surface area contributed by atoms with E-state index in [9.17, 15) is 9.90 Å². The number of thiazole rings is 1. The molecule has 1 amide bonds. The largest absolute Gasteiger partial charge is 0.503 e. The van der Waals surface area contributed by atoms with Crippen LogP contribution in [0.15, 0.2) is 82.9 Å². The van der Waals surface area contributed by atoms with Crippen molar-refractivity contribution in [1.29, 1.82) is 0 Å². The lowest BCUT2D eigenvalue weighted by Crippen LogP contribution is -2.30. The number of carbonyl (C=O) groups excluding carboxylic acids is 1. The van der Waals surface area contributed by atoms with Gasteiger partial charge in [0.05, 0.1) is 21.8 Å². The highest BCUT2D eigenvalue weighted by atomic mass is 35.5. The van der Waals surface area contributed by atoms with Crippen molar-refractivity contribution in [2.45, 2.75) is 23.1 Å². The van der Waals surface area contributed by atoms with Crippen LogP contribution in [0, 0.1) is 6.92 Å². The number of amides is 1. The zero-order valence-electron chi connectivity index (χ0n) is 19.5. The molecule has 0 radical (unpaired) electrons. The molecule has 0 fully saturated rings. The summed E-state index contributed by atoms with van der Waals surface area (Å²) in [4.78, 5) is 19.8. The Morgan fingerprint density at radius 1 is 1.00 bits per heavy atom. The Morgan fingerprint density at radius 2 is 1.76 bits per heavy atom. The van der Waals surface area contributed by atoms with Crippen LogP contribution in [0.5, 0.6) is 0 Å². The number of nitrogens with zero attached hydrogens (tertiary/aromatic N) is 4. The number of aromatic nitrogens is 3. The smallest absolute Gasteiger partial charge is 0.296 e. The van der Waals surface area contributed by atoms with E-state index in [0.29, 0.717) is 26.5 Å². The van der Waals surface area contributed by atoms with Crippen LogP contribution in [0.4, 0.5) is 5.13 Å². The van der Waals surface area contributed by atoms with E-state index in [1.165, 1.54) is 39.3 Å². The van der Waals surface area contributed by atoms with E-state index in [1.54, 1.807) is 0 Å². The van der Waals surface area contributed by atoms with Gasteiger partial charge in [0.25, 0.3) is 5.91 Å². The lowest BCUT2D eigenvalue weighted by molar-refractivity contribution is -0.117. The molecule has 1 aliphatic rings. The first-order valence-electron chi connectivity index (χ1n) is 11.4. The number of aryl methyl sites for hydroxylation is 1. The van der Waals surface area contributed by atoms with Gasteiger partial charge in [-0.15, -0.1) is 21.5 Å². The van der Waals surface area contributed by atoms with Gasteiger partial charge in [-0.2, -0.15) is 0 Å². The standard InChI is InChI=1S/C27H19ClN4O2S3/c1-15-6-10-17(11-7-15)22-21(24-29-19-4-2-3-5-20(19)36-24)23(33)25(34)32(22)26-30-31-27(37-26)35-14-16-8-12-18(28)13-9-16/h2-13,22,33H,14H2,1H3/t22-/m0/s1. The van der Waals surface area contributed by atoms with Gasteiger partial charge in [-0.1, -0.05) is 88.8 Å². The van der Waals surface area contributed by atoms with Gasteiger partial charge in [0.1, 0.15) is 5.01 Å². The Kier molecular flexibility index (Phi) is 6.46. The highest BCUT2D eigenvalue weighted by Crippen LogP contribution is 2.48. The third-order valence-corrected chi connectivity index (χ3v) is 9.45. The van der Waals surface area contributed by atoms with Gasteiger partial charge < -0.3 is 5.11 Å². The van der Waals surface area contributed by atoms with E-state index < -0.39 is 11.9 Å². The minimum atomic E-state index is -0.573. The number of carbonyl (C=O) groups is 1. The van der Waals surface area contributed by atoms with Gasteiger partial charge >= 0.3 is 0 Å². The molecule has 2 aromatic heterocycles. The third kappa shape index (κ3) is 4.64. The first-order chi connectivity index (χ1) is 18.0. The molecule has 0 saturated carbocycles. The Hall–Kier alpha value is -3.24. The average molecular weight is 563 g/mol. The highest BCUT2D eigenvalue weighted by Gasteiger charge is 2.44. The fourth-order valence-corrected chi connectivity index (χ4v) is 7.14. The molecule has 1 atom stereocenters. The second-order valence-corrected chi connectivity index (χ2v) is 12.1. The van der Waals surface area contributed by atoms with E-state index in [1.807, 2.05) is 79.7 Å². The van der Waals surface area contributed by atoms with E-state index in [2.05, 4.69) is 10.2 Å². The Morgan fingerprint density at radius 3 is 2.51 bits per heavy atom. The SMILES string of the molecule is Cc1ccc([C@H]2C(c3nc4ccccc4s3)=C(O)C(=O)N2c2nnc(SCc3ccc(Cl)cc3)s2)cc1. The number of thioether (sulfide) groups is 1. The number of hydrogen-bond donors (Lipinski definition) is 1. The number of benzene rings is 3. The van der Waals surface area contributed by atoms with Crippen molar-refractivity contribution in [3.05, 3.63) is 105 Å². The van der Waals surface area contributed by atoms with Gasteiger partial charge in [-0.25, -0.2) is 4.98 Å². The topological polar surface area (TPSA) is 79.2 Å². The molecule has 6 rings (SSSR count). The van der Waals surface area contributed by atoms with Crippen LogP contribution in [0.1, 0.15) is 27.7 Å². The van der Waals surface area contributed by atoms with Crippen LogP contribution in [-0.2, 0) is 10.5 Å². The number of aliphatic hydroxyl groups is 1. The quantitative estimate of drug-likeness (QED) is 0.171. The molecule has 184 valence electrons. The molecule has 0 bridgehead atoms. The van der Waals surface area contributed by atoms with Gasteiger partial charge in [-0.05, 0) is 42.3 Å². The summed E-state index contributed by atoms with van der Waals surface area (Å²) < 4.78 is 1.72. The van der Waals surface area contributed by atoms with Gasteiger partial charge in [0, 0.05) is 10.8 Å². The number of anilines is 1. The first kappa shape index (κ1) is 24.1. The van der Waals surface area contributed by atoms with Crippen molar-refractivity contribution in [3.63, 3.8) is 0 Å². The molecule has 0 saturated heterocycles. The fourth-order valence-electron chi connectivity index (χ4n) is 4.16. The van der Waals surface area contributed by atoms with Crippen molar-refractivity contribution >= 4 is 72.9 Å². The first-order valence-corrected chi connectivity index (χ1v) is 14.4. The van der Waals surface area contributed by atoms with Crippen LogP contribution in [0.2, 0.25) is 5.02 Å². The maximum atomic E-state index is 13.5. The van der Waals surface area contributed by atoms with Gasteiger partial charge in [-0.3, -0.25) is 9.69 Å². The summed E-state index contributed by atoms with van der Waals surface area (Å²) in [5.41, 5.74) is 4.39. The van der Waals surface area contributed by atoms with Crippen LogP contribution < -0.4 is 4.90 Å². The van der Waals surface area contributed by atoms with Gasteiger partial charge in [0.15, 0.2) is 10.1 Å². The molecule has 0 aliphatic carbocycles. The normalized spacial score (nSPS) is 15.8. The molecule has 1 N–H and O–H groups in total. The minimum Gasteiger partial charge on any atom is -0.503 e. The monoisotopic (exact) mass is 562 g/mol. The maximum Gasteiger partial charge on any atom is 0.296 e. The van der Waals surface area contributed by atoms with Crippen LogP contribution in [0.3, 0.4) is 0 Å². The molecule has 0 unspecified atom stereocenters. The Bertz CT molecular complexity index is 1610. The minimum absolute atomic E-state index is 0.310. The van der Waals surface area contributed by atoms with Crippen molar-refractivity contribution < 1.29 is 9.90 Å². The number of hydrogen-bond acceptors (Lipinski definition) is 8. The summed E-state index contributed by atoms with van der Waals surface area (Å²) in [6, 6.07) is 22.8. The molecular weight excluding hydrogens is 544 g/mol. The van der Waals surface area contributed by atoms with Gasteiger partial charge in [0.2, 0.25) is 5.13 Å². The van der Waals surface area contributed by atoms with E-state index >= 15 is 0 Å². The van der Waals surface area contributed by atoms with Crippen LogP contribution in [-0.4, -0.2) is 26.2 Å². The summed E-state index contributed by atoms with van der Waals surface area (Å²) in [7, 11) is 0. The van der Waals surface area contributed by atoms with E-state index in [4.69, 9.17) is 16.6 Å². The molecule has 5 aromatic rings. The molecule has 6 nitrogen and oxygen atoms in total. The van der Waals surface area contributed by atoms with E-state index in [0.717, 1.165) is 31.2 Å². The molecule has 0 spiro atoms. The Labute approximate surface area is 230 Å². The van der Waals surface area contributed by atoms with Crippen molar-refractivity contribution in [2.75, 3.05) is 4.90 Å². The number of para-hydroxylation sites is 1. The van der Waals surface area contributed by atoms with Crippen LogP contribution in [0.25, 0.3) is 15.8 Å². The molecule has 1 aliphatic heterocycles. The zero-order chi connectivity index (χ0) is 25.5. The Balaban J connectivity index is 1.37. The molecule has 37 heavy (non-hydrogen) atoms. The predicted molar refractivity (Wildman–Crippen MR) is 151 cm³/mol. The lowest BCUT2D eigenvalue weighted by Gasteiger charge is -2.24. The second-order valence-electron chi connectivity index (χ2n) is 8.50. The average Bonchev–Trinajstić information content (AvgIpc) is 3.61. The van der Waals surface area contributed by atoms with Crippen molar-refractivity contribution in [3.8, 4) is 0 Å². The molecule has 3 heterocycles. The number of halogens is 1. The van der Waals surface area contributed by atoms with Crippen LogP contribution >= 0.6 is 46.0 Å². The van der Waals surface area contributed by atoms with Crippen molar-refractivity contribution in [1.82, 2.24) is 15.2 Å². The molecule has 3 aromatic carbocycles. The molecular formula is C27H19ClN4O2S3. The second kappa shape index (κ2) is 9.90. The zero-order valence-corrected chi connectivity index (χ0v) is 22.7. The highest BCUT2D eigenvalue weighted by molar-refractivity contribution is 8.00. The number of fused-ring (bicyclic) bond motifs is 1.